The van der Waals surface area contributed by atoms with Gasteiger partial charge in [0.15, 0.2) is 0 Å². The van der Waals surface area contributed by atoms with Crippen LogP contribution in [-0.2, 0) is 9.59 Å². The summed E-state index contributed by atoms with van der Waals surface area (Å²) in [6.45, 7) is 0. The Morgan fingerprint density at radius 3 is 2.68 bits per heavy atom. The second kappa shape index (κ2) is 5.03. The lowest BCUT2D eigenvalue weighted by Crippen LogP contribution is -2.18. The van der Waals surface area contributed by atoms with Crippen molar-refractivity contribution in [3.63, 3.8) is 0 Å². The molecule has 1 aromatic heterocycles. The van der Waals surface area contributed by atoms with E-state index in [1.54, 1.807) is 6.20 Å². The van der Waals surface area contributed by atoms with Crippen molar-refractivity contribution in [2.45, 2.75) is 50.7 Å². The summed E-state index contributed by atoms with van der Waals surface area (Å²) in [4.78, 5) is 21.9. The first kappa shape index (κ1) is 12.2. The molecule has 2 fully saturated rings. The lowest BCUT2D eigenvalue weighted by atomic mass is 9.95. The maximum absolute atomic E-state index is 11.3. The third kappa shape index (κ3) is 2.77. The molecule has 6 heteroatoms. The molecule has 0 unspecified atom stereocenters. The fraction of sp³-hybridized carbons (Fsp3) is 0.615. The van der Waals surface area contributed by atoms with Gasteiger partial charge in [-0.25, -0.2) is 0 Å². The zero-order valence-corrected chi connectivity index (χ0v) is 10.7. The Morgan fingerprint density at radius 2 is 2.05 bits per heavy atom. The van der Waals surface area contributed by atoms with Crippen molar-refractivity contribution in [3.05, 3.63) is 6.20 Å². The Labute approximate surface area is 111 Å². The first-order valence-corrected chi connectivity index (χ1v) is 6.74. The number of carbonyl (C=O) groups excluding carboxylic acids is 2. The molecule has 102 valence electrons. The molecule has 0 saturated heterocycles. The van der Waals surface area contributed by atoms with Crippen molar-refractivity contribution in [1.82, 2.24) is 9.78 Å². The molecule has 2 saturated carbocycles. The van der Waals surface area contributed by atoms with Crippen LogP contribution in [0.25, 0.3) is 0 Å². The van der Waals surface area contributed by atoms with Gasteiger partial charge >= 0.3 is 0 Å². The third-order valence-electron chi connectivity index (χ3n) is 3.60. The molecule has 19 heavy (non-hydrogen) atoms. The second-order valence-electron chi connectivity index (χ2n) is 5.18. The van der Waals surface area contributed by atoms with E-state index in [0.717, 1.165) is 25.7 Å². The number of nitrogens with zero attached hydrogens (tertiary/aromatic N) is 2. The van der Waals surface area contributed by atoms with Crippen molar-refractivity contribution in [2.24, 2.45) is 0 Å². The van der Waals surface area contributed by atoms with Crippen LogP contribution in [0.4, 0.5) is 5.69 Å². The van der Waals surface area contributed by atoms with Crippen molar-refractivity contribution in [3.8, 4) is 5.88 Å². The molecule has 0 radical (unpaired) electrons. The zero-order valence-electron chi connectivity index (χ0n) is 10.7. The average molecular weight is 263 g/mol. The molecular weight excluding hydrogens is 246 g/mol. The lowest BCUT2D eigenvalue weighted by molar-refractivity contribution is -0.120. The summed E-state index contributed by atoms with van der Waals surface area (Å²) < 4.78 is 7.51. The van der Waals surface area contributed by atoms with E-state index in [9.17, 15) is 9.59 Å². The summed E-state index contributed by atoms with van der Waals surface area (Å²) >= 11 is 0. The Hall–Kier alpha value is -1.85. The van der Waals surface area contributed by atoms with Crippen LogP contribution >= 0.6 is 0 Å². The summed E-state index contributed by atoms with van der Waals surface area (Å²) in [5.41, 5.74) is 0.610. The van der Waals surface area contributed by atoms with E-state index in [4.69, 9.17) is 4.74 Å². The third-order valence-corrected chi connectivity index (χ3v) is 3.60. The van der Waals surface area contributed by atoms with E-state index in [2.05, 4.69) is 10.4 Å². The summed E-state index contributed by atoms with van der Waals surface area (Å²) in [6.07, 6.45) is 7.60. The maximum Gasteiger partial charge on any atom is 0.257 e. The van der Waals surface area contributed by atoms with Crippen LogP contribution in [0.1, 0.15) is 44.6 Å². The molecule has 1 heterocycles. The van der Waals surface area contributed by atoms with E-state index in [1.165, 1.54) is 0 Å². The largest absolute Gasteiger partial charge is 0.472 e. The number of aromatic nitrogens is 2. The van der Waals surface area contributed by atoms with Crippen LogP contribution < -0.4 is 10.1 Å². The minimum Gasteiger partial charge on any atom is -0.472 e. The van der Waals surface area contributed by atoms with Gasteiger partial charge in [-0.2, -0.15) is 0 Å². The van der Waals surface area contributed by atoms with Gasteiger partial charge in [0.25, 0.3) is 5.88 Å². The minimum absolute atomic E-state index is 0.224. The fourth-order valence-electron chi connectivity index (χ4n) is 2.34. The van der Waals surface area contributed by atoms with Gasteiger partial charge in [-0.3, -0.25) is 14.3 Å². The summed E-state index contributed by atoms with van der Waals surface area (Å²) in [5.74, 6) is 0.815. The Morgan fingerprint density at radius 1 is 1.32 bits per heavy atom. The monoisotopic (exact) mass is 263 g/mol. The molecule has 0 bridgehead atoms. The van der Waals surface area contributed by atoms with E-state index in [-0.39, 0.29) is 12.1 Å². The van der Waals surface area contributed by atoms with Gasteiger partial charge in [0, 0.05) is 12.8 Å². The topological polar surface area (TPSA) is 73.2 Å². The van der Waals surface area contributed by atoms with Crippen LogP contribution in [0.2, 0.25) is 0 Å². The zero-order chi connectivity index (χ0) is 13.2. The molecule has 1 aromatic rings. The highest BCUT2D eigenvalue weighted by molar-refractivity contribution is 5.79. The number of anilines is 1. The molecule has 0 atom stereocenters. The molecule has 0 aliphatic heterocycles. The number of carbonyl (C=O) groups is 2. The summed E-state index contributed by atoms with van der Waals surface area (Å²) in [7, 11) is 0. The van der Waals surface area contributed by atoms with Gasteiger partial charge in [0.05, 0.1) is 12.2 Å². The van der Waals surface area contributed by atoms with E-state index in [1.807, 2.05) is 4.68 Å². The molecule has 2 aliphatic carbocycles. The molecule has 0 aromatic carbocycles. The number of nitrogens with one attached hydrogen (secondary N) is 1. The SMILES string of the molecule is O=CNc1cn(C2CCC(=O)CC2)nc1OC1CC1. The molecular formula is C13H17N3O3. The first-order valence-electron chi connectivity index (χ1n) is 6.74. The van der Waals surface area contributed by atoms with Gasteiger partial charge in [-0.05, 0) is 25.7 Å². The highest BCUT2D eigenvalue weighted by Crippen LogP contribution is 2.33. The molecule has 1 amide bonds. The van der Waals surface area contributed by atoms with Crippen LogP contribution in [0.15, 0.2) is 6.20 Å². The number of hydrogen-bond acceptors (Lipinski definition) is 4. The van der Waals surface area contributed by atoms with Crippen molar-refractivity contribution in [2.75, 3.05) is 5.32 Å². The first-order chi connectivity index (χ1) is 9.26. The minimum atomic E-state index is 0.224. The predicted molar refractivity (Wildman–Crippen MR) is 68.1 cm³/mol. The number of hydrogen-bond donors (Lipinski definition) is 1. The summed E-state index contributed by atoms with van der Waals surface area (Å²) in [6, 6.07) is 0.224. The predicted octanol–water partition coefficient (Wildman–Crippen LogP) is 1.68. The van der Waals surface area contributed by atoms with Gasteiger partial charge in [-0.1, -0.05) is 0 Å². The number of Topliss-reactive ketones (excluding diaryl/α,β-unsaturated/α-hetero) is 1. The van der Waals surface area contributed by atoms with Crippen LogP contribution in [-0.4, -0.2) is 28.1 Å². The van der Waals surface area contributed by atoms with Gasteiger partial charge in [-0.15, -0.1) is 5.10 Å². The maximum atomic E-state index is 11.3. The second-order valence-corrected chi connectivity index (χ2v) is 5.18. The van der Waals surface area contributed by atoms with Crippen LogP contribution in [0, 0.1) is 0 Å². The highest BCUT2D eigenvalue weighted by Gasteiger charge is 2.28. The molecule has 3 rings (SSSR count). The van der Waals surface area contributed by atoms with E-state index >= 15 is 0 Å². The van der Waals surface area contributed by atoms with Crippen molar-refractivity contribution < 1.29 is 14.3 Å². The number of ether oxygens (including phenoxy) is 1. The normalized spacial score (nSPS) is 20.3. The standard InChI is InChI=1S/C13H17N3O3/c17-8-14-12-7-16(9-1-3-10(18)4-2-9)15-13(12)19-11-5-6-11/h7-9,11H,1-6H2,(H,14,17). The molecule has 6 nitrogen and oxygen atoms in total. The molecule has 1 N–H and O–H groups in total. The number of amides is 1. The quantitative estimate of drug-likeness (QED) is 0.820. The lowest BCUT2D eigenvalue weighted by Gasteiger charge is -2.20. The van der Waals surface area contributed by atoms with E-state index in [0.29, 0.717) is 36.6 Å². The molecule has 2 aliphatic rings. The van der Waals surface area contributed by atoms with Gasteiger partial charge in [0.2, 0.25) is 6.41 Å². The highest BCUT2D eigenvalue weighted by atomic mass is 16.5. The van der Waals surface area contributed by atoms with Gasteiger partial charge < -0.3 is 10.1 Å². The van der Waals surface area contributed by atoms with Crippen molar-refractivity contribution in [1.29, 1.82) is 0 Å². The Balaban J connectivity index is 1.76. The van der Waals surface area contributed by atoms with Crippen LogP contribution in [0.3, 0.4) is 0 Å². The smallest absolute Gasteiger partial charge is 0.257 e. The van der Waals surface area contributed by atoms with Crippen molar-refractivity contribution >= 4 is 17.9 Å². The van der Waals surface area contributed by atoms with Crippen LogP contribution in [0.5, 0.6) is 5.88 Å². The Kier molecular flexibility index (Phi) is 3.23. The Bertz CT molecular complexity index is 483. The van der Waals surface area contributed by atoms with Gasteiger partial charge in [0.1, 0.15) is 17.6 Å². The van der Waals surface area contributed by atoms with E-state index < -0.39 is 0 Å². The fourth-order valence-corrected chi connectivity index (χ4v) is 2.34. The number of rotatable bonds is 5. The average Bonchev–Trinajstić information content (AvgIpc) is 3.13. The molecule has 0 spiro atoms. The summed E-state index contributed by atoms with van der Waals surface area (Å²) in [5, 5.41) is 7.04. The number of ketones is 1.